The molecule has 5 nitrogen and oxygen atoms in total. The smallest absolute Gasteiger partial charge is 0.270 e. The third-order valence-corrected chi connectivity index (χ3v) is 5.15. The molecule has 0 fully saturated rings. The number of carbonyl (C=O) groups excluding carboxylic acids is 1. The summed E-state index contributed by atoms with van der Waals surface area (Å²) in [4.78, 5) is 16.1. The second-order valence-corrected chi connectivity index (χ2v) is 7.21. The fourth-order valence-electron chi connectivity index (χ4n) is 1.85. The first-order chi connectivity index (χ1) is 10.7. The minimum absolute atomic E-state index is 0.226. The van der Waals surface area contributed by atoms with E-state index in [1.165, 1.54) is 11.3 Å². The molecule has 1 aromatic heterocycles. The second-order valence-electron chi connectivity index (χ2n) is 4.69. The largest absolute Gasteiger partial charge is 0.350 e. The van der Waals surface area contributed by atoms with Gasteiger partial charge in [0.05, 0.1) is 5.01 Å². The Balaban J connectivity index is 1.73. The minimum Gasteiger partial charge on any atom is -0.350 e. The molecular formula is C15H19N3O2S2. The van der Waals surface area contributed by atoms with E-state index in [1.807, 2.05) is 30.3 Å². The lowest BCUT2D eigenvalue weighted by atomic mass is 10.2. The van der Waals surface area contributed by atoms with Crippen LogP contribution < -0.4 is 11.1 Å². The summed E-state index contributed by atoms with van der Waals surface area (Å²) in [5.74, 6) is 0.713. The van der Waals surface area contributed by atoms with Gasteiger partial charge in [0.2, 0.25) is 0 Å². The van der Waals surface area contributed by atoms with Crippen molar-refractivity contribution in [3.05, 3.63) is 52.0 Å². The van der Waals surface area contributed by atoms with E-state index in [1.54, 1.807) is 5.38 Å². The van der Waals surface area contributed by atoms with E-state index < -0.39 is 10.8 Å². The van der Waals surface area contributed by atoms with Gasteiger partial charge in [-0.2, -0.15) is 0 Å². The van der Waals surface area contributed by atoms with Gasteiger partial charge in [-0.05, 0) is 12.1 Å². The molecule has 0 spiro atoms. The molecule has 118 valence electrons. The summed E-state index contributed by atoms with van der Waals surface area (Å²) in [6, 6.07) is 9.68. The number of carbonyl (C=O) groups is 1. The van der Waals surface area contributed by atoms with E-state index >= 15 is 0 Å². The first-order valence-electron chi connectivity index (χ1n) is 7.00. The zero-order valence-electron chi connectivity index (χ0n) is 12.2. The molecule has 2 aromatic rings. The van der Waals surface area contributed by atoms with Crippen LogP contribution in [0.1, 0.15) is 21.1 Å². The third-order valence-electron chi connectivity index (χ3n) is 2.93. The Hall–Kier alpha value is -1.57. The van der Waals surface area contributed by atoms with E-state index in [-0.39, 0.29) is 5.91 Å². The number of hydrogen-bond acceptors (Lipinski definition) is 5. The lowest BCUT2D eigenvalue weighted by molar-refractivity contribution is 0.0951. The topological polar surface area (TPSA) is 85.1 Å². The maximum atomic E-state index is 12.0. The Morgan fingerprint density at radius 1 is 1.32 bits per heavy atom. The zero-order chi connectivity index (χ0) is 15.8. The van der Waals surface area contributed by atoms with Crippen molar-refractivity contribution in [2.75, 3.05) is 18.8 Å². The molecule has 1 atom stereocenters. The molecule has 1 heterocycles. The molecule has 1 amide bonds. The Labute approximate surface area is 136 Å². The third kappa shape index (κ3) is 5.32. The average molecular weight is 337 g/mol. The highest BCUT2D eigenvalue weighted by Crippen LogP contribution is 2.09. The number of nitrogens with zero attached hydrogens (tertiary/aromatic N) is 1. The normalized spacial score (nSPS) is 12.0. The van der Waals surface area contributed by atoms with Gasteiger partial charge < -0.3 is 11.1 Å². The van der Waals surface area contributed by atoms with Crippen LogP contribution >= 0.6 is 11.3 Å². The van der Waals surface area contributed by atoms with Crippen molar-refractivity contribution in [1.82, 2.24) is 10.3 Å². The fourth-order valence-corrected chi connectivity index (χ4v) is 3.69. The standard InChI is InChI=1S/C15H19N3O2S2/c16-7-6-14-18-13(10-21-14)15(19)17-8-9-22(20)11-12-4-2-1-3-5-12/h1-5,10H,6-9,11,16H2,(H,17,19). The van der Waals surface area contributed by atoms with E-state index in [0.717, 1.165) is 10.6 Å². The molecule has 1 unspecified atom stereocenters. The summed E-state index contributed by atoms with van der Waals surface area (Å²) in [7, 11) is -0.991. The average Bonchev–Trinajstić information content (AvgIpc) is 2.97. The molecule has 0 aliphatic carbocycles. The van der Waals surface area contributed by atoms with Gasteiger partial charge in [0.1, 0.15) is 5.69 Å². The van der Waals surface area contributed by atoms with E-state index in [2.05, 4.69) is 10.3 Å². The zero-order valence-corrected chi connectivity index (χ0v) is 13.8. The number of rotatable bonds is 8. The number of amides is 1. The summed E-state index contributed by atoms with van der Waals surface area (Å²) >= 11 is 1.43. The van der Waals surface area contributed by atoms with Crippen LogP contribution in [0.15, 0.2) is 35.7 Å². The SMILES string of the molecule is NCCc1nc(C(=O)NCCS(=O)Cc2ccccc2)cs1. The van der Waals surface area contributed by atoms with Crippen molar-refractivity contribution in [2.24, 2.45) is 5.73 Å². The minimum atomic E-state index is -0.991. The molecule has 0 saturated heterocycles. The number of aromatic nitrogens is 1. The highest BCUT2D eigenvalue weighted by Gasteiger charge is 2.10. The maximum absolute atomic E-state index is 12.0. The van der Waals surface area contributed by atoms with Crippen LogP contribution in [-0.4, -0.2) is 33.9 Å². The van der Waals surface area contributed by atoms with Gasteiger partial charge in [-0.3, -0.25) is 9.00 Å². The molecule has 7 heteroatoms. The summed E-state index contributed by atoms with van der Waals surface area (Å²) in [6.45, 7) is 0.898. The van der Waals surface area contributed by atoms with Crippen LogP contribution in [0.5, 0.6) is 0 Å². The van der Waals surface area contributed by atoms with Crippen LogP contribution in [0.2, 0.25) is 0 Å². The highest BCUT2D eigenvalue weighted by molar-refractivity contribution is 7.84. The fraction of sp³-hybridized carbons (Fsp3) is 0.333. The second kappa shape index (κ2) is 8.77. The summed E-state index contributed by atoms with van der Waals surface area (Å²) < 4.78 is 12.0. The van der Waals surface area contributed by atoms with Crippen LogP contribution in [0.25, 0.3) is 0 Å². The van der Waals surface area contributed by atoms with Crippen molar-refractivity contribution in [2.45, 2.75) is 12.2 Å². The highest BCUT2D eigenvalue weighted by atomic mass is 32.2. The molecule has 0 bridgehead atoms. The van der Waals surface area contributed by atoms with E-state index in [9.17, 15) is 9.00 Å². The maximum Gasteiger partial charge on any atom is 0.270 e. The number of thiazole rings is 1. The Morgan fingerprint density at radius 3 is 2.82 bits per heavy atom. The number of hydrogen-bond donors (Lipinski definition) is 2. The molecule has 0 aliphatic heterocycles. The number of nitrogens with two attached hydrogens (primary N) is 1. The van der Waals surface area contributed by atoms with E-state index in [0.29, 0.717) is 36.7 Å². The van der Waals surface area contributed by atoms with Gasteiger partial charge in [-0.25, -0.2) is 4.98 Å². The number of benzene rings is 1. The van der Waals surface area contributed by atoms with E-state index in [4.69, 9.17) is 5.73 Å². The van der Waals surface area contributed by atoms with Gasteiger partial charge in [0.15, 0.2) is 0 Å². The van der Waals surface area contributed by atoms with Gasteiger partial charge in [-0.15, -0.1) is 11.3 Å². The Kier molecular flexibility index (Phi) is 6.70. The van der Waals surface area contributed by atoms with Crippen LogP contribution in [0.4, 0.5) is 0 Å². The van der Waals surface area contributed by atoms with Crippen LogP contribution in [0.3, 0.4) is 0 Å². The van der Waals surface area contributed by atoms with Crippen LogP contribution in [-0.2, 0) is 23.0 Å². The lowest BCUT2D eigenvalue weighted by Crippen LogP contribution is -2.28. The van der Waals surface area contributed by atoms with Gasteiger partial charge in [0, 0.05) is 40.7 Å². The van der Waals surface area contributed by atoms with Gasteiger partial charge in [0.25, 0.3) is 5.91 Å². The first-order valence-corrected chi connectivity index (χ1v) is 9.37. The first kappa shape index (κ1) is 16.8. The molecule has 0 saturated carbocycles. The molecule has 2 rings (SSSR count). The molecule has 22 heavy (non-hydrogen) atoms. The monoisotopic (exact) mass is 337 g/mol. The summed E-state index contributed by atoms with van der Waals surface area (Å²) in [5.41, 5.74) is 6.90. The predicted octanol–water partition coefficient (Wildman–Crippen LogP) is 1.32. The summed E-state index contributed by atoms with van der Waals surface area (Å²) in [6.07, 6.45) is 0.680. The van der Waals surface area contributed by atoms with Crippen molar-refractivity contribution in [1.29, 1.82) is 0 Å². The van der Waals surface area contributed by atoms with Crippen molar-refractivity contribution in [3.8, 4) is 0 Å². The Bertz CT molecular complexity index is 629. The molecular weight excluding hydrogens is 318 g/mol. The van der Waals surface area contributed by atoms with Gasteiger partial charge >= 0.3 is 0 Å². The predicted molar refractivity (Wildman–Crippen MR) is 90.4 cm³/mol. The summed E-state index contributed by atoms with van der Waals surface area (Å²) in [5, 5.41) is 5.34. The number of nitrogens with one attached hydrogen (secondary N) is 1. The quantitative estimate of drug-likeness (QED) is 0.761. The molecule has 1 aromatic carbocycles. The molecule has 0 aliphatic rings. The molecule has 3 N–H and O–H groups in total. The van der Waals surface area contributed by atoms with Crippen LogP contribution in [0, 0.1) is 0 Å². The van der Waals surface area contributed by atoms with Crippen molar-refractivity contribution < 1.29 is 9.00 Å². The van der Waals surface area contributed by atoms with Gasteiger partial charge in [-0.1, -0.05) is 30.3 Å². The lowest BCUT2D eigenvalue weighted by Gasteiger charge is -2.04. The Morgan fingerprint density at radius 2 is 2.09 bits per heavy atom. The van der Waals surface area contributed by atoms with Crippen molar-refractivity contribution in [3.63, 3.8) is 0 Å². The molecule has 0 radical (unpaired) electrons. The van der Waals surface area contributed by atoms with Crippen molar-refractivity contribution >= 4 is 28.0 Å².